The lowest BCUT2D eigenvalue weighted by molar-refractivity contribution is 0.00578. The Labute approximate surface area is 177 Å². The molecule has 2 heterocycles. The topological polar surface area (TPSA) is 36.3 Å². The zero-order chi connectivity index (χ0) is 20.9. The number of imidazole rings is 1. The average molecular weight is 396 g/mol. The first-order chi connectivity index (χ1) is 14.4. The first-order valence-corrected chi connectivity index (χ1v) is 10.3. The van der Waals surface area contributed by atoms with Gasteiger partial charge in [-0.25, -0.2) is 4.98 Å². The summed E-state index contributed by atoms with van der Waals surface area (Å²) in [6.07, 6.45) is 0. The largest absolute Gasteiger partial charge is 0.494 e. The summed E-state index contributed by atoms with van der Waals surface area (Å²) in [7, 11) is -0.399. The molecule has 0 bridgehead atoms. The van der Waals surface area contributed by atoms with Crippen molar-refractivity contribution in [2.45, 2.75) is 38.9 Å². The molecule has 4 nitrogen and oxygen atoms in total. The van der Waals surface area contributed by atoms with Crippen LogP contribution in [0.15, 0.2) is 78.9 Å². The molecule has 1 saturated heterocycles. The third-order valence-electron chi connectivity index (χ3n) is 6.25. The Morgan fingerprint density at radius 3 is 2.17 bits per heavy atom. The molecule has 1 aliphatic rings. The summed E-state index contributed by atoms with van der Waals surface area (Å²) >= 11 is 0. The molecule has 0 spiro atoms. The van der Waals surface area contributed by atoms with E-state index in [0.29, 0.717) is 0 Å². The number of aromatic nitrogens is 2. The van der Waals surface area contributed by atoms with Gasteiger partial charge in [0.2, 0.25) is 0 Å². The van der Waals surface area contributed by atoms with Crippen LogP contribution in [0.5, 0.6) is 0 Å². The molecule has 30 heavy (non-hydrogen) atoms. The van der Waals surface area contributed by atoms with Crippen molar-refractivity contribution in [2.75, 3.05) is 0 Å². The van der Waals surface area contributed by atoms with Gasteiger partial charge in [0.15, 0.2) is 0 Å². The number of hydrogen-bond acceptors (Lipinski definition) is 3. The summed E-state index contributed by atoms with van der Waals surface area (Å²) in [5, 5.41) is 0. The van der Waals surface area contributed by atoms with Crippen molar-refractivity contribution in [3.05, 3.63) is 78.9 Å². The van der Waals surface area contributed by atoms with Crippen molar-refractivity contribution in [3.8, 4) is 17.1 Å². The van der Waals surface area contributed by atoms with E-state index in [2.05, 4.69) is 86.9 Å². The molecule has 150 valence electrons. The van der Waals surface area contributed by atoms with E-state index in [9.17, 15) is 0 Å². The third kappa shape index (κ3) is 3.06. The van der Waals surface area contributed by atoms with Crippen LogP contribution >= 0.6 is 0 Å². The molecule has 0 unspecified atom stereocenters. The van der Waals surface area contributed by atoms with Gasteiger partial charge < -0.3 is 9.31 Å². The van der Waals surface area contributed by atoms with Crippen molar-refractivity contribution in [3.63, 3.8) is 0 Å². The summed E-state index contributed by atoms with van der Waals surface area (Å²) < 4.78 is 14.7. The van der Waals surface area contributed by atoms with Crippen LogP contribution in [-0.2, 0) is 9.31 Å². The fourth-order valence-electron chi connectivity index (χ4n) is 3.86. The van der Waals surface area contributed by atoms with Gasteiger partial charge in [-0.15, -0.1) is 0 Å². The lowest BCUT2D eigenvalue weighted by atomic mass is 9.78. The monoisotopic (exact) mass is 396 g/mol. The van der Waals surface area contributed by atoms with E-state index in [1.807, 2.05) is 24.3 Å². The second-order valence-corrected chi connectivity index (χ2v) is 8.81. The second-order valence-electron chi connectivity index (χ2n) is 8.81. The number of benzene rings is 3. The maximum Gasteiger partial charge on any atom is 0.494 e. The van der Waals surface area contributed by atoms with Crippen molar-refractivity contribution in [1.29, 1.82) is 0 Å². The molecule has 0 aliphatic carbocycles. The first-order valence-electron chi connectivity index (χ1n) is 10.3. The standard InChI is InChI=1S/C25H25BN2O2/c1-24(2)25(3,4)30-26(29-24)19-12-10-11-18(17-19)23-27-21-15-8-9-16-22(21)28(23)20-13-6-5-7-14-20/h5-17H,1-4H3. The van der Waals surface area contributed by atoms with Crippen molar-refractivity contribution >= 4 is 23.6 Å². The molecule has 5 rings (SSSR count). The fraction of sp³-hybridized carbons (Fsp3) is 0.240. The average Bonchev–Trinajstić information content (AvgIpc) is 3.23. The minimum atomic E-state index is -0.399. The van der Waals surface area contributed by atoms with Crippen LogP contribution in [0.2, 0.25) is 0 Å². The van der Waals surface area contributed by atoms with Crippen LogP contribution in [0.25, 0.3) is 28.1 Å². The SMILES string of the molecule is CC1(C)OB(c2cccc(-c3nc4ccccc4n3-c3ccccc3)c2)OC1(C)C. The fourth-order valence-corrected chi connectivity index (χ4v) is 3.86. The van der Waals surface area contributed by atoms with Gasteiger partial charge in [-0.2, -0.15) is 0 Å². The van der Waals surface area contributed by atoms with Gasteiger partial charge in [0.1, 0.15) is 5.82 Å². The quantitative estimate of drug-likeness (QED) is 0.458. The molecular weight excluding hydrogens is 371 g/mol. The zero-order valence-corrected chi connectivity index (χ0v) is 17.8. The van der Waals surface area contributed by atoms with Crippen molar-refractivity contribution < 1.29 is 9.31 Å². The lowest BCUT2D eigenvalue weighted by Crippen LogP contribution is -2.41. The number of rotatable bonds is 3. The molecule has 0 amide bonds. The van der Waals surface area contributed by atoms with Crippen LogP contribution in [0, 0.1) is 0 Å². The summed E-state index contributed by atoms with van der Waals surface area (Å²) in [5.41, 5.74) is 4.43. The highest BCUT2D eigenvalue weighted by molar-refractivity contribution is 6.62. The minimum Gasteiger partial charge on any atom is -0.399 e. The summed E-state index contributed by atoms with van der Waals surface area (Å²) in [4.78, 5) is 4.97. The Kier molecular flexibility index (Phi) is 4.35. The van der Waals surface area contributed by atoms with Gasteiger partial charge in [-0.1, -0.05) is 54.6 Å². The summed E-state index contributed by atoms with van der Waals surface area (Å²) in [6.45, 7) is 8.30. The highest BCUT2D eigenvalue weighted by atomic mass is 16.7. The van der Waals surface area contributed by atoms with Gasteiger partial charge in [0.25, 0.3) is 0 Å². The van der Waals surface area contributed by atoms with Crippen LogP contribution in [-0.4, -0.2) is 27.9 Å². The third-order valence-corrected chi connectivity index (χ3v) is 6.25. The number of nitrogens with zero attached hydrogens (tertiary/aromatic N) is 2. The Hall–Kier alpha value is -2.89. The second kappa shape index (κ2) is 6.83. The van der Waals surface area contributed by atoms with Crippen LogP contribution < -0.4 is 5.46 Å². The van der Waals surface area contributed by atoms with E-state index < -0.39 is 7.12 Å². The number of fused-ring (bicyclic) bond motifs is 1. The normalized spacial score (nSPS) is 17.5. The van der Waals surface area contributed by atoms with Gasteiger partial charge in [0.05, 0.1) is 22.2 Å². The van der Waals surface area contributed by atoms with E-state index in [1.54, 1.807) is 0 Å². The molecule has 3 aromatic carbocycles. The molecular formula is C25H25BN2O2. The van der Waals surface area contributed by atoms with Gasteiger partial charge >= 0.3 is 7.12 Å². The highest BCUT2D eigenvalue weighted by Crippen LogP contribution is 2.37. The van der Waals surface area contributed by atoms with E-state index in [1.165, 1.54) is 0 Å². The van der Waals surface area contributed by atoms with Crippen LogP contribution in [0.4, 0.5) is 0 Å². The predicted octanol–water partition coefficient (Wildman–Crippen LogP) is 4.99. The van der Waals surface area contributed by atoms with E-state index >= 15 is 0 Å². The maximum atomic E-state index is 6.27. The highest BCUT2D eigenvalue weighted by Gasteiger charge is 2.51. The Bertz CT molecular complexity index is 1200. The number of para-hydroxylation sites is 3. The van der Waals surface area contributed by atoms with E-state index in [0.717, 1.165) is 33.6 Å². The zero-order valence-electron chi connectivity index (χ0n) is 17.8. The van der Waals surface area contributed by atoms with Gasteiger partial charge in [-0.3, -0.25) is 4.57 Å². The van der Waals surface area contributed by atoms with Gasteiger partial charge in [-0.05, 0) is 57.4 Å². The maximum absolute atomic E-state index is 6.27. The summed E-state index contributed by atoms with van der Waals surface area (Å²) in [5.74, 6) is 0.903. The molecule has 4 aromatic rings. The van der Waals surface area contributed by atoms with Crippen LogP contribution in [0.3, 0.4) is 0 Å². The molecule has 5 heteroatoms. The molecule has 0 atom stereocenters. The summed E-state index contributed by atoms with van der Waals surface area (Å²) in [6, 6.07) is 26.9. The molecule has 0 radical (unpaired) electrons. The molecule has 1 aliphatic heterocycles. The molecule has 1 aromatic heterocycles. The molecule has 1 fully saturated rings. The molecule has 0 saturated carbocycles. The van der Waals surface area contributed by atoms with Crippen molar-refractivity contribution in [1.82, 2.24) is 9.55 Å². The molecule has 0 N–H and O–H groups in total. The van der Waals surface area contributed by atoms with Crippen molar-refractivity contribution in [2.24, 2.45) is 0 Å². The van der Waals surface area contributed by atoms with E-state index in [4.69, 9.17) is 14.3 Å². The van der Waals surface area contributed by atoms with E-state index in [-0.39, 0.29) is 11.2 Å². The lowest BCUT2D eigenvalue weighted by Gasteiger charge is -2.32. The number of hydrogen-bond donors (Lipinski definition) is 0. The minimum absolute atomic E-state index is 0.370. The predicted molar refractivity (Wildman–Crippen MR) is 122 cm³/mol. The van der Waals surface area contributed by atoms with Crippen LogP contribution in [0.1, 0.15) is 27.7 Å². The Balaban J connectivity index is 1.63. The van der Waals surface area contributed by atoms with Gasteiger partial charge in [0, 0.05) is 11.3 Å². The Morgan fingerprint density at radius 1 is 0.767 bits per heavy atom. The smallest absolute Gasteiger partial charge is 0.399 e. The Morgan fingerprint density at radius 2 is 1.43 bits per heavy atom. The first kappa shape index (κ1) is 19.1.